The molecule has 1 aromatic heterocycles. The van der Waals surface area contributed by atoms with Gasteiger partial charge in [0.1, 0.15) is 5.82 Å². The Labute approximate surface area is 169 Å². The lowest BCUT2D eigenvalue weighted by Crippen LogP contribution is -2.12. The lowest BCUT2D eigenvalue weighted by molar-refractivity contribution is 0.598. The van der Waals surface area contributed by atoms with Gasteiger partial charge in [0, 0.05) is 17.5 Å². The van der Waals surface area contributed by atoms with Gasteiger partial charge in [-0.2, -0.15) is 0 Å². The van der Waals surface area contributed by atoms with Gasteiger partial charge < -0.3 is 5.32 Å². The Morgan fingerprint density at radius 2 is 1.52 bits per heavy atom. The van der Waals surface area contributed by atoms with E-state index in [4.69, 9.17) is 10.1 Å². The molecule has 0 atom stereocenters. The number of nitrogens with two attached hydrogens (primary N) is 1. The molecule has 1 heterocycles. The number of nitrogens with zero attached hydrogens (tertiary/aromatic N) is 2. The van der Waals surface area contributed by atoms with Crippen LogP contribution in [0, 0.1) is 0 Å². The lowest BCUT2D eigenvalue weighted by atomic mass is 10.1. The predicted octanol–water partition coefficient (Wildman–Crippen LogP) is 3.60. The Morgan fingerprint density at radius 1 is 0.828 bits per heavy atom. The van der Waals surface area contributed by atoms with Crippen LogP contribution in [-0.4, -0.2) is 24.9 Å². The van der Waals surface area contributed by atoms with Gasteiger partial charge in [-0.15, -0.1) is 0 Å². The summed E-state index contributed by atoms with van der Waals surface area (Å²) in [6.45, 7) is 0.643. The van der Waals surface area contributed by atoms with Crippen LogP contribution in [0.15, 0.2) is 83.8 Å². The van der Waals surface area contributed by atoms with Gasteiger partial charge in [0.05, 0.1) is 10.4 Å². The first-order valence-electron chi connectivity index (χ1n) is 9.18. The Kier molecular flexibility index (Phi) is 5.24. The molecule has 3 aromatic carbocycles. The van der Waals surface area contributed by atoms with E-state index < -0.39 is 10.0 Å². The summed E-state index contributed by atoms with van der Waals surface area (Å²) in [6.07, 6.45) is 0.712. The normalized spacial score (nSPS) is 11.5. The van der Waals surface area contributed by atoms with Crippen LogP contribution in [0.25, 0.3) is 22.3 Å². The highest BCUT2D eigenvalue weighted by atomic mass is 32.2. The topological polar surface area (TPSA) is 98.0 Å². The molecule has 0 aliphatic carbocycles. The average Bonchev–Trinajstić information content (AvgIpc) is 2.74. The number of hydrogen-bond acceptors (Lipinski definition) is 5. The average molecular weight is 404 g/mol. The Hall–Kier alpha value is -3.29. The van der Waals surface area contributed by atoms with E-state index in [0.29, 0.717) is 18.8 Å². The van der Waals surface area contributed by atoms with Gasteiger partial charge in [0.25, 0.3) is 0 Å². The second-order valence-electron chi connectivity index (χ2n) is 6.64. The molecule has 0 fully saturated rings. The van der Waals surface area contributed by atoms with Gasteiger partial charge in [-0.05, 0) is 36.2 Å². The summed E-state index contributed by atoms with van der Waals surface area (Å²) in [5.41, 5.74) is 2.84. The maximum Gasteiger partial charge on any atom is 0.238 e. The molecule has 29 heavy (non-hydrogen) atoms. The van der Waals surface area contributed by atoms with Crippen molar-refractivity contribution in [1.29, 1.82) is 0 Å². The largest absolute Gasteiger partial charge is 0.369 e. The van der Waals surface area contributed by atoms with Crippen LogP contribution in [0.3, 0.4) is 0 Å². The predicted molar refractivity (Wildman–Crippen MR) is 115 cm³/mol. The van der Waals surface area contributed by atoms with Crippen LogP contribution < -0.4 is 10.5 Å². The minimum Gasteiger partial charge on any atom is -0.369 e. The third kappa shape index (κ3) is 4.42. The van der Waals surface area contributed by atoms with Gasteiger partial charge >= 0.3 is 0 Å². The highest BCUT2D eigenvalue weighted by Gasteiger charge is 2.10. The fourth-order valence-electron chi connectivity index (χ4n) is 3.10. The molecule has 3 N–H and O–H groups in total. The minimum absolute atomic E-state index is 0.114. The number of rotatable bonds is 6. The van der Waals surface area contributed by atoms with E-state index in [1.165, 1.54) is 12.1 Å². The molecule has 0 saturated carbocycles. The molecule has 4 rings (SSSR count). The first-order valence-corrected chi connectivity index (χ1v) is 10.7. The second kappa shape index (κ2) is 7.98. The molecule has 7 heteroatoms. The molecule has 0 aliphatic heterocycles. The third-order valence-electron chi connectivity index (χ3n) is 4.59. The summed E-state index contributed by atoms with van der Waals surface area (Å²) in [7, 11) is -3.67. The van der Waals surface area contributed by atoms with Crippen molar-refractivity contribution in [3.8, 4) is 11.4 Å². The highest BCUT2D eigenvalue weighted by molar-refractivity contribution is 7.89. The standard InChI is InChI=1S/C22H20N4O2S/c23-29(27,28)18-12-10-16(11-13-18)14-15-24-22-19-8-4-5-9-20(19)25-21(26-22)17-6-2-1-3-7-17/h1-13H,14-15H2,(H2,23,27,28)(H,24,25,26). The molecule has 6 nitrogen and oxygen atoms in total. The summed E-state index contributed by atoms with van der Waals surface area (Å²) < 4.78 is 22.7. The zero-order valence-electron chi connectivity index (χ0n) is 15.6. The Balaban J connectivity index is 1.56. The van der Waals surface area contributed by atoms with Crippen LogP contribution in [0.5, 0.6) is 0 Å². The Morgan fingerprint density at radius 3 is 2.24 bits per heavy atom. The van der Waals surface area contributed by atoms with Gasteiger partial charge in [0.15, 0.2) is 5.82 Å². The van der Waals surface area contributed by atoms with Crippen molar-refractivity contribution in [2.45, 2.75) is 11.3 Å². The fourth-order valence-corrected chi connectivity index (χ4v) is 3.61. The van der Waals surface area contributed by atoms with Gasteiger partial charge in [-0.1, -0.05) is 54.6 Å². The summed E-state index contributed by atoms with van der Waals surface area (Å²) in [5, 5.41) is 9.50. The Bertz CT molecular complexity index is 1240. The van der Waals surface area contributed by atoms with E-state index >= 15 is 0 Å². The molecule has 0 unspecified atom stereocenters. The highest BCUT2D eigenvalue weighted by Crippen LogP contribution is 2.24. The number of aromatic nitrogens is 2. The maximum absolute atomic E-state index is 11.4. The van der Waals surface area contributed by atoms with E-state index in [1.807, 2.05) is 54.6 Å². The van der Waals surface area contributed by atoms with Gasteiger partial charge in [-0.3, -0.25) is 0 Å². The van der Waals surface area contributed by atoms with Crippen LogP contribution in [-0.2, 0) is 16.4 Å². The quantitative estimate of drug-likeness (QED) is 0.512. The van der Waals surface area contributed by atoms with E-state index in [1.54, 1.807) is 12.1 Å². The minimum atomic E-state index is -3.67. The SMILES string of the molecule is NS(=O)(=O)c1ccc(CCNc2nc(-c3ccccc3)nc3ccccc23)cc1. The lowest BCUT2D eigenvalue weighted by Gasteiger charge is -2.11. The molecule has 0 radical (unpaired) electrons. The first kappa shape index (κ1) is 19.0. The van der Waals surface area contributed by atoms with E-state index in [9.17, 15) is 8.42 Å². The zero-order valence-corrected chi connectivity index (χ0v) is 16.4. The number of nitrogens with one attached hydrogen (secondary N) is 1. The smallest absolute Gasteiger partial charge is 0.238 e. The van der Waals surface area contributed by atoms with Crippen molar-refractivity contribution < 1.29 is 8.42 Å². The van der Waals surface area contributed by atoms with Gasteiger partial charge in [0.2, 0.25) is 10.0 Å². The van der Waals surface area contributed by atoms with Crippen LogP contribution in [0.1, 0.15) is 5.56 Å². The number of para-hydroxylation sites is 1. The van der Waals surface area contributed by atoms with Crippen molar-refractivity contribution in [2.24, 2.45) is 5.14 Å². The molecule has 0 saturated heterocycles. The van der Waals surface area contributed by atoms with Gasteiger partial charge in [-0.25, -0.2) is 23.5 Å². The number of fused-ring (bicyclic) bond motifs is 1. The molecule has 0 aliphatic rings. The fraction of sp³-hybridized carbons (Fsp3) is 0.0909. The monoisotopic (exact) mass is 404 g/mol. The number of benzene rings is 3. The van der Waals surface area contributed by atoms with Crippen LogP contribution >= 0.6 is 0 Å². The summed E-state index contributed by atoms with van der Waals surface area (Å²) in [5.74, 6) is 1.44. The number of sulfonamides is 1. The van der Waals surface area contributed by atoms with Crippen molar-refractivity contribution in [1.82, 2.24) is 9.97 Å². The van der Waals surface area contributed by atoms with Crippen LogP contribution in [0.4, 0.5) is 5.82 Å². The zero-order chi connectivity index (χ0) is 20.3. The third-order valence-corrected chi connectivity index (χ3v) is 5.52. The molecule has 146 valence electrons. The number of anilines is 1. The summed E-state index contributed by atoms with van der Waals surface area (Å²) in [6, 6.07) is 24.4. The van der Waals surface area contributed by atoms with Crippen LogP contribution in [0.2, 0.25) is 0 Å². The van der Waals surface area contributed by atoms with Crippen molar-refractivity contribution in [2.75, 3.05) is 11.9 Å². The summed E-state index contributed by atoms with van der Waals surface area (Å²) in [4.78, 5) is 9.53. The molecule has 0 amide bonds. The molecule has 4 aromatic rings. The molecular weight excluding hydrogens is 384 g/mol. The molecular formula is C22H20N4O2S. The molecule has 0 spiro atoms. The van der Waals surface area contributed by atoms with E-state index in [-0.39, 0.29) is 4.90 Å². The van der Waals surface area contributed by atoms with Crippen molar-refractivity contribution >= 4 is 26.7 Å². The van der Waals surface area contributed by atoms with E-state index in [0.717, 1.165) is 27.8 Å². The van der Waals surface area contributed by atoms with E-state index in [2.05, 4.69) is 10.3 Å². The van der Waals surface area contributed by atoms with Crippen molar-refractivity contribution in [3.63, 3.8) is 0 Å². The molecule has 0 bridgehead atoms. The number of hydrogen-bond donors (Lipinski definition) is 2. The number of primary sulfonamides is 1. The summed E-state index contributed by atoms with van der Waals surface area (Å²) >= 11 is 0. The maximum atomic E-state index is 11.4. The second-order valence-corrected chi connectivity index (χ2v) is 8.21. The van der Waals surface area contributed by atoms with Crippen molar-refractivity contribution in [3.05, 3.63) is 84.4 Å². The first-order chi connectivity index (χ1) is 14.0.